The summed E-state index contributed by atoms with van der Waals surface area (Å²) >= 11 is 0. The van der Waals surface area contributed by atoms with E-state index in [0.717, 1.165) is 6.42 Å². The zero-order valence-electron chi connectivity index (χ0n) is 16.0. The Hall–Kier alpha value is -2.82. The molecule has 160 valence electrons. The van der Waals surface area contributed by atoms with Crippen molar-refractivity contribution in [2.75, 3.05) is 41.8 Å². The largest absolute Gasteiger partial charge is 0.431 e. The molecule has 0 aromatic carbocycles. The average molecular weight is 422 g/mol. The Morgan fingerprint density at radius 1 is 1.23 bits per heavy atom. The van der Waals surface area contributed by atoms with Crippen LogP contribution in [0.25, 0.3) is 11.3 Å². The molecule has 1 unspecified atom stereocenters. The molecule has 2 N–H and O–H groups in total. The van der Waals surface area contributed by atoms with Crippen molar-refractivity contribution in [3.8, 4) is 17.0 Å². The summed E-state index contributed by atoms with van der Waals surface area (Å²) in [6.45, 7) is -0.944. The Kier molecular flexibility index (Phi) is 4.76. The van der Waals surface area contributed by atoms with Crippen LogP contribution in [0.5, 0.6) is 5.75 Å². The minimum absolute atomic E-state index is 0.137. The van der Waals surface area contributed by atoms with Crippen molar-refractivity contribution < 1.29 is 22.6 Å². The van der Waals surface area contributed by atoms with Crippen LogP contribution in [-0.2, 0) is 4.74 Å². The number of nitrogen functional groups attached to an aromatic ring is 1. The lowest BCUT2D eigenvalue weighted by atomic mass is 10.2. The Morgan fingerprint density at radius 2 is 2.10 bits per heavy atom. The molecular formula is C19H21F3N6O2. The number of morpholine rings is 1. The topological polar surface area (TPSA) is 89.6 Å². The molecule has 3 fully saturated rings. The van der Waals surface area contributed by atoms with Crippen molar-refractivity contribution in [2.45, 2.75) is 37.8 Å². The number of hydrogen-bond donors (Lipinski definition) is 1. The van der Waals surface area contributed by atoms with Crippen LogP contribution in [0, 0.1) is 0 Å². The number of hydrogen-bond acceptors (Lipinski definition) is 8. The van der Waals surface area contributed by atoms with Gasteiger partial charge >= 0.3 is 6.61 Å². The molecule has 8 nitrogen and oxygen atoms in total. The normalized spacial score (nSPS) is 25.5. The van der Waals surface area contributed by atoms with E-state index in [1.807, 2.05) is 0 Å². The maximum atomic E-state index is 13.8. The summed E-state index contributed by atoms with van der Waals surface area (Å²) in [4.78, 5) is 17.2. The molecule has 2 aromatic rings. The number of ether oxygens (including phenoxy) is 2. The summed E-state index contributed by atoms with van der Waals surface area (Å²) in [6, 6.07) is 3.39. The lowest BCUT2D eigenvalue weighted by molar-refractivity contribution is -0.0494. The minimum Gasteiger partial charge on any atom is -0.431 e. The molecule has 3 saturated heterocycles. The zero-order valence-corrected chi connectivity index (χ0v) is 16.0. The van der Waals surface area contributed by atoms with E-state index in [-0.39, 0.29) is 30.3 Å². The Morgan fingerprint density at radius 3 is 2.77 bits per heavy atom. The summed E-state index contributed by atoms with van der Waals surface area (Å²) in [5, 5.41) is 0. The van der Waals surface area contributed by atoms with Crippen molar-refractivity contribution in [3.63, 3.8) is 0 Å². The lowest BCUT2D eigenvalue weighted by Crippen LogP contribution is -2.38. The molecule has 2 aromatic heterocycles. The molecule has 0 amide bonds. The predicted molar refractivity (Wildman–Crippen MR) is 104 cm³/mol. The van der Waals surface area contributed by atoms with Crippen molar-refractivity contribution in [2.24, 2.45) is 0 Å². The van der Waals surface area contributed by atoms with E-state index in [9.17, 15) is 13.2 Å². The van der Waals surface area contributed by atoms with Gasteiger partial charge in [-0.25, -0.2) is 14.4 Å². The summed E-state index contributed by atoms with van der Waals surface area (Å²) in [7, 11) is 0. The fourth-order valence-electron chi connectivity index (χ4n) is 4.22. The third-order valence-electron chi connectivity index (χ3n) is 5.70. The molecule has 3 aliphatic heterocycles. The Labute approximate surface area is 170 Å². The van der Waals surface area contributed by atoms with Gasteiger partial charge in [-0.3, -0.25) is 0 Å². The zero-order chi connectivity index (χ0) is 20.8. The Balaban J connectivity index is 1.55. The molecular weight excluding hydrogens is 401 g/mol. The van der Waals surface area contributed by atoms with E-state index in [4.69, 9.17) is 10.5 Å². The summed E-state index contributed by atoms with van der Waals surface area (Å²) in [5.74, 6) is 0.742. The molecule has 0 saturated carbocycles. The molecule has 5 heterocycles. The molecule has 30 heavy (non-hydrogen) atoms. The predicted octanol–water partition coefficient (Wildman–Crippen LogP) is 2.25. The van der Waals surface area contributed by atoms with Gasteiger partial charge in [-0.05, 0) is 18.9 Å². The van der Waals surface area contributed by atoms with Crippen LogP contribution >= 0.6 is 0 Å². The number of nitrogens with two attached hydrogens (primary N) is 1. The number of rotatable bonds is 5. The van der Waals surface area contributed by atoms with E-state index in [0.29, 0.717) is 49.1 Å². The highest BCUT2D eigenvalue weighted by molar-refractivity contribution is 5.68. The highest BCUT2D eigenvalue weighted by Crippen LogP contribution is 2.35. The second kappa shape index (κ2) is 7.46. The van der Waals surface area contributed by atoms with Gasteiger partial charge in [0.1, 0.15) is 12.0 Å². The summed E-state index contributed by atoms with van der Waals surface area (Å²) < 4.78 is 49.3. The standard InChI is InChI=1S/C19H21F3N6O2/c20-11-1-2-27(7-11)19-25-14(10-3-15(30-18(21)22)17(23)24-6-10)5-16(26-19)28-8-13-4-12(28)9-29-13/h3,5-6,11-13,18H,1-2,4,7-9H2,(H2,23,24)/t11?,12-,13-/m0/s1. The van der Waals surface area contributed by atoms with Gasteiger partial charge in [0, 0.05) is 30.9 Å². The van der Waals surface area contributed by atoms with E-state index < -0.39 is 12.8 Å². The fourth-order valence-corrected chi connectivity index (χ4v) is 4.22. The smallest absolute Gasteiger partial charge is 0.387 e. The highest BCUT2D eigenvalue weighted by atomic mass is 19.3. The number of anilines is 3. The third-order valence-corrected chi connectivity index (χ3v) is 5.70. The molecule has 0 aliphatic carbocycles. The monoisotopic (exact) mass is 422 g/mol. The minimum atomic E-state index is -3.02. The van der Waals surface area contributed by atoms with E-state index in [2.05, 4.69) is 24.6 Å². The maximum absolute atomic E-state index is 13.8. The summed E-state index contributed by atoms with van der Waals surface area (Å²) in [5.41, 5.74) is 6.60. The van der Waals surface area contributed by atoms with Crippen LogP contribution in [0.2, 0.25) is 0 Å². The molecule has 5 rings (SSSR count). The van der Waals surface area contributed by atoms with Crippen molar-refractivity contribution >= 4 is 17.6 Å². The van der Waals surface area contributed by atoms with E-state index >= 15 is 0 Å². The van der Waals surface area contributed by atoms with Crippen LogP contribution in [-0.4, -0.2) is 66.1 Å². The number of fused-ring (bicyclic) bond motifs is 2. The molecule has 2 bridgehead atoms. The first-order chi connectivity index (χ1) is 14.5. The van der Waals surface area contributed by atoms with Crippen LogP contribution in [0.15, 0.2) is 18.3 Å². The molecule has 0 radical (unpaired) electrons. The van der Waals surface area contributed by atoms with Gasteiger partial charge < -0.3 is 25.0 Å². The van der Waals surface area contributed by atoms with Crippen LogP contribution < -0.4 is 20.3 Å². The molecule has 3 aliphatic rings. The number of nitrogens with zero attached hydrogens (tertiary/aromatic N) is 5. The van der Waals surface area contributed by atoms with Gasteiger partial charge in [-0.1, -0.05) is 0 Å². The van der Waals surface area contributed by atoms with Crippen LogP contribution in [0.4, 0.5) is 30.8 Å². The van der Waals surface area contributed by atoms with Gasteiger partial charge in [0.05, 0.1) is 31.0 Å². The van der Waals surface area contributed by atoms with Gasteiger partial charge in [-0.15, -0.1) is 0 Å². The number of halogens is 3. The first-order valence-electron chi connectivity index (χ1n) is 9.83. The number of aromatic nitrogens is 3. The van der Waals surface area contributed by atoms with Crippen molar-refractivity contribution in [3.05, 3.63) is 18.3 Å². The quantitative estimate of drug-likeness (QED) is 0.785. The third kappa shape index (κ3) is 3.57. The number of pyridine rings is 1. The highest BCUT2D eigenvalue weighted by Gasteiger charge is 2.40. The second-order valence-corrected chi connectivity index (χ2v) is 7.73. The molecule has 3 atom stereocenters. The average Bonchev–Trinajstić information content (AvgIpc) is 3.46. The van der Waals surface area contributed by atoms with E-state index in [1.165, 1.54) is 12.3 Å². The molecule has 11 heteroatoms. The first kappa shape index (κ1) is 19.2. The lowest BCUT2D eigenvalue weighted by Gasteiger charge is -2.29. The van der Waals surface area contributed by atoms with Crippen molar-refractivity contribution in [1.82, 2.24) is 15.0 Å². The van der Waals surface area contributed by atoms with Gasteiger partial charge in [0.2, 0.25) is 5.95 Å². The SMILES string of the molecule is Nc1ncc(-c2cc(N3C[C@@H]4C[C@H]3CO4)nc(N3CCC(F)C3)n2)cc1OC(F)F. The van der Waals surface area contributed by atoms with Gasteiger partial charge in [0.25, 0.3) is 0 Å². The van der Waals surface area contributed by atoms with Crippen LogP contribution in [0.3, 0.4) is 0 Å². The summed E-state index contributed by atoms with van der Waals surface area (Å²) in [6.07, 6.45) is 2.04. The fraction of sp³-hybridized carbons (Fsp3) is 0.526. The number of alkyl halides is 3. The molecule has 0 spiro atoms. The van der Waals surface area contributed by atoms with Gasteiger partial charge in [-0.2, -0.15) is 13.8 Å². The second-order valence-electron chi connectivity index (χ2n) is 7.73. The van der Waals surface area contributed by atoms with E-state index in [1.54, 1.807) is 11.0 Å². The first-order valence-corrected chi connectivity index (χ1v) is 9.83. The van der Waals surface area contributed by atoms with Crippen LogP contribution in [0.1, 0.15) is 12.8 Å². The Bertz CT molecular complexity index is 948. The maximum Gasteiger partial charge on any atom is 0.387 e. The van der Waals surface area contributed by atoms with Crippen molar-refractivity contribution in [1.29, 1.82) is 0 Å². The van der Waals surface area contributed by atoms with Gasteiger partial charge in [0.15, 0.2) is 11.6 Å².